The molecule has 0 fully saturated rings. The summed E-state index contributed by atoms with van der Waals surface area (Å²) in [7, 11) is 0. The summed E-state index contributed by atoms with van der Waals surface area (Å²) in [5.41, 5.74) is 2.66. The van der Waals surface area contributed by atoms with Crippen molar-refractivity contribution >= 4 is 16.9 Å². The van der Waals surface area contributed by atoms with Gasteiger partial charge in [-0.25, -0.2) is 4.79 Å². The molecule has 2 rings (SSSR count). The first kappa shape index (κ1) is 13.7. The SMILES string of the molecule is CCCCn1c(C(=O)O)cc2cc(C(C)C)ccc21. The molecule has 1 aromatic heterocycles. The number of fused-ring (bicyclic) bond motifs is 1. The Morgan fingerprint density at radius 1 is 1.32 bits per heavy atom. The average molecular weight is 259 g/mol. The molecular formula is C16H21NO2. The molecule has 3 heteroatoms. The molecule has 19 heavy (non-hydrogen) atoms. The van der Waals surface area contributed by atoms with E-state index in [2.05, 4.69) is 32.9 Å². The van der Waals surface area contributed by atoms with Crippen LogP contribution in [0.5, 0.6) is 0 Å². The number of hydrogen-bond donors (Lipinski definition) is 1. The van der Waals surface area contributed by atoms with Gasteiger partial charge in [-0.2, -0.15) is 0 Å². The van der Waals surface area contributed by atoms with Crippen molar-refractivity contribution in [3.63, 3.8) is 0 Å². The second-order valence-electron chi connectivity index (χ2n) is 5.31. The van der Waals surface area contributed by atoms with Gasteiger partial charge in [-0.05, 0) is 36.1 Å². The van der Waals surface area contributed by atoms with Crippen LogP contribution in [0.1, 0.15) is 55.6 Å². The van der Waals surface area contributed by atoms with E-state index in [-0.39, 0.29) is 0 Å². The van der Waals surface area contributed by atoms with Crippen LogP contribution in [0.15, 0.2) is 24.3 Å². The van der Waals surface area contributed by atoms with Gasteiger partial charge >= 0.3 is 5.97 Å². The van der Waals surface area contributed by atoms with E-state index < -0.39 is 5.97 Å². The highest BCUT2D eigenvalue weighted by molar-refractivity contribution is 5.94. The molecule has 0 saturated heterocycles. The molecule has 0 aliphatic heterocycles. The van der Waals surface area contributed by atoms with Crippen LogP contribution >= 0.6 is 0 Å². The van der Waals surface area contributed by atoms with E-state index in [1.807, 2.05) is 10.6 Å². The number of carboxylic acid groups (broad SMARTS) is 1. The predicted molar refractivity (Wildman–Crippen MR) is 77.9 cm³/mol. The minimum atomic E-state index is -0.849. The fraction of sp³-hybridized carbons (Fsp3) is 0.438. The predicted octanol–water partition coefficient (Wildman–Crippen LogP) is 4.26. The minimum Gasteiger partial charge on any atom is -0.477 e. The van der Waals surface area contributed by atoms with Gasteiger partial charge in [0.05, 0.1) is 0 Å². The van der Waals surface area contributed by atoms with E-state index in [1.165, 1.54) is 5.56 Å². The van der Waals surface area contributed by atoms with Crippen LogP contribution in [0.3, 0.4) is 0 Å². The van der Waals surface area contributed by atoms with Crippen molar-refractivity contribution in [3.8, 4) is 0 Å². The third kappa shape index (κ3) is 2.65. The summed E-state index contributed by atoms with van der Waals surface area (Å²) < 4.78 is 1.92. The number of carbonyl (C=O) groups is 1. The van der Waals surface area contributed by atoms with Crippen LogP contribution in [0.4, 0.5) is 0 Å². The highest BCUT2D eigenvalue weighted by Crippen LogP contribution is 2.25. The van der Waals surface area contributed by atoms with Crippen LogP contribution in [0.25, 0.3) is 10.9 Å². The number of aromatic carboxylic acids is 1. The second kappa shape index (κ2) is 5.47. The Labute approximate surface area is 113 Å². The number of hydrogen-bond acceptors (Lipinski definition) is 1. The number of unbranched alkanes of at least 4 members (excludes halogenated alkanes) is 1. The Morgan fingerprint density at radius 2 is 2.05 bits per heavy atom. The van der Waals surface area contributed by atoms with Crippen LogP contribution < -0.4 is 0 Å². The molecule has 0 atom stereocenters. The van der Waals surface area contributed by atoms with Gasteiger partial charge in [0.2, 0.25) is 0 Å². The molecule has 1 N–H and O–H groups in total. The highest BCUT2D eigenvalue weighted by Gasteiger charge is 2.14. The van der Waals surface area contributed by atoms with Crippen molar-refractivity contribution < 1.29 is 9.90 Å². The lowest BCUT2D eigenvalue weighted by atomic mass is 10.0. The van der Waals surface area contributed by atoms with Gasteiger partial charge in [0.15, 0.2) is 0 Å². The number of aromatic nitrogens is 1. The molecular weight excluding hydrogens is 238 g/mol. The summed E-state index contributed by atoms with van der Waals surface area (Å²) >= 11 is 0. The molecule has 0 aliphatic carbocycles. The zero-order chi connectivity index (χ0) is 14.0. The summed E-state index contributed by atoms with van der Waals surface area (Å²) in [5.74, 6) is -0.393. The minimum absolute atomic E-state index is 0.393. The van der Waals surface area contributed by atoms with Gasteiger partial charge < -0.3 is 9.67 Å². The zero-order valence-corrected chi connectivity index (χ0v) is 11.8. The molecule has 0 bridgehead atoms. The van der Waals surface area contributed by atoms with E-state index in [0.29, 0.717) is 11.6 Å². The number of carboxylic acids is 1. The molecule has 0 amide bonds. The summed E-state index contributed by atoms with van der Waals surface area (Å²) in [6.07, 6.45) is 2.05. The van der Waals surface area contributed by atoms with Crippen LogP contribution in [0, 0.1) is 0 Å². The monoisotopic (exact) mass is 259 g/mol. The van der Waals surface area contributed by atoms with E-state index in [1.54, 1.807) is 6.07 Å². The topological polar surface area (TPSA) is 42.2 Å². The lowest BCUT2D eigenvalue weighted by molar-refractivity contribution is 0.0685. The van der Waals surface area contributed by atoms with Crippen molar-refractivity contribution in [3.05, 3.63) is 35.5 Å². The van der Waals surface area contributed by atoms with E-state index >= 15 is 0 Å². The molecule has 1 aromatic carbocycles. The third-order valence-corrected chi connectivity index (χ3v) is 3.55. The quantitative estimate of drug-likeness (QED) is 0.871. The lowest BCUT2D eigenvalue weighted by Crippen LogP contribution is -2.08. The summed E-state index contributed by atoms with van der Waals surface area (Å²) in [6, 6.07) is 8.04. The molecule has 0 unspecified atom stereocenters. The number of nitrogens with zero attached hydrogens (tertiary/aromatic N) is 1. The Bertz CT molecular complexity index is 596. The molecule has 0 spiro atoms. The zero-order valence-electron chi connectivity index (χ0n) is 11.8. The van der Waals surface area contributed by atoms with Crippen molar-refractivity contribution in [2.75, 3.05) is 0 Å². The Hall–Kier alpha value is -1.77. The van der Waals surface area contributed by atoms with E-state index in [4.69, 9.17) is 0 Å². The smallest absolute Gasteiger partial charge is 0.352 e. The first-order chi connectivity index (χ1) is 9.04. The maximum absolute atomic E-state index is 11.4. The van der Waals surface area contributed by atoms with Gasteiger partial charge in [-0.3, -0.25) is 0 Å². The van der Waals surface area contributed by atoms with Crippen LogP contribution in [0.2, 0.25) is 0 Å². The summed E-state index contributed by atoms with van der Waals surface area (Å²) in [4.78, 5) is 11.4. The van der Waals surface area contributed by atoms with Crippen molar-refractivity contribution in [2.45, 2.75) is 46.1 Å². The maximum atomic E-state index is 11.4. The van der Waals surface area contributed by atoms with E-state index in [0.717, 1.165) is 30.3 Å². The van der Waals surface area contributed by atoms with Crippen molar-refractivity contribution in [2.24, 2.45) is 0 Å². The van der Waals surface area contributed by atoms with Crippen molar-refractivity contribution in [1.82, 2.24) is 4.57 Å². The molecule has 2 aromatic rings. The standard InChI is InChI=1S/C16H21NO2/c1-4-5-8-17-14-7-6-12(11(2)3)9-13(14)10-15(17)16(18)19/h6-7,9-11H,4-5,8H2,1-3H3,(H,18,19). The molecule has 0 radical (unpaired) electrons. The lowest BCUT2D eigenvalue weighted by Gasteiger charge is -2.09. The van der Waals surface area contributed by atoms with Crippen LogP contribution in [-0.4, -0.2) is 15.6 Å². The molecule has 1 heterocycles. The summed E-state index contributed by atoms with van der Waals surface area (Å²) in [5, 5.41) is 10.4. The Morgan fingerprint density at radius 3 is 2.63 bits per heavy atom. The normalized spacial score (nSPS) is 11.4. The average Bonchev–Trinajstić information content (AvgIpc) is 2.74. The van der Waals surface area contributed by atoms with Gasteiger partial charge in [0, 0.05) is 17.4 Å². The molecule has 3 nitrogen and oxygen atoms in total. The largest absolute Gasteiger partial charge is 0.477 e. The number of benzene rings is 1. The van der Waals surface area contributed by atoms with Crippen molar-refractivity contribution in [1.29, 1.82) is 0 Å². The fourth-order valence-electron chi connectivity index (χ4n) is 2.38. The molecule has 0 aliphatic rings. The maximum Gasteiger partial charge on any atom is 0.352 e. The number of aryl methyl sites for hydroxylation is 1. The van der Waals surface area contributed by atoms with Crippen LogP contribution in [-0.2, 0) is 6.54 Å². The first-order valence-corrected chi connectivity index (χ1v) is 6.91. The van der Waals surface area contributed by atoms with Gasteiger partial charge in [-0.1, -0.05) is 33.3 Å². The summed E-state index contributed by atoms with van der Waals surface area (Å²) in [6.45, 7) is 7.17. The van der Waals surface area contributed by atoms with Gasteiger partial charge in [-0.15, -0.1) is 0 Å². The Kier molecular flexibility index (Phi) is 3.93. The van der Waals surface area contributed by atoms with Gasteiger partial charge in [0.1, 0.15) is 5.69 Å². The number of rotatable bonds is 5. The fourth-order valence-corrected chi connectivity index (χ4v) is 2.38. The molecule has 102 valence electrons. The van der Waals surface area contributed by atoms with E-state index in [9.17, 15) is 9.90 Å². The molecule has 0 saturated carbocycles. The Balaban J connectivity index is 2.56. The second-order valence-corrected chi connectivity index (χ2v) is 5.31. The third-order valence-electron chi connectivity index (χ3n) is 3.55. The highest BCUT2D eigenvalue weighted by atomic mass is 16.4. The van der Waals surface area contributed by atoms with Gasteiger partial charge in [0.25, 0.3) is 0 Å². The first-order valence-electron chi connectivity index (χ1n) is 6.91.